The number of urea groups is 1. The molecule has 3 atom stereocenters. The van der Waals surface area contributed by atoms with Gasteiger partial charge in [-0.15, -0.1) is 0 Å². The van der Waals surface area contributed by atoms with E-state index < -0.39 is 31.3 Å². The van der Waals surface area contributed by atoms with Crippen LogP contribution in [0.1, 0.15) is 47.5 Å². The van der Waals surface area contributed by atoms with E-state index in [1.165, 1.54) is 7.05 Å². The number of carbonyl (C=O) groups excluding carboxylic acids is 4. The molecule has 0 aliphatic carbocycles. The van der Waals surface area contributed by atoms with Crippen molar-refractivity contribution < 1.29 is 28.3 Å². The van der Waals surface area contributed by atoms with E-state index in [0.717, 1.165) is 4.90 Å². The first-order valence-electron chi connectivity index (χ1n) is 10.7. The summed E-state index contributed by atoms with van der Waals surface area (Å²) in [6.07, 6.45) is 0.388. The Hall–Kier alpha value is -1.93. The zero-order chi connectivity index (χ0) is 23.8. The Kier molecular flexibility index (Phi) is 10.7. The molecule has 1 saturated heterocycles. The van der Waals surface area contributed by atoms with Gasteiger partial charge in [-0.05, 0) is 31.6 Å². The van der Waals surface area contributed by atoms with Crippen molar-refractivity contribution in [2.45, 2.75) is 53.5 Å². The maximum absolute atomic E-state index is 13.6. The number of rotatable bonds is 13. The van der Waals surface area contributed by atoms with Gasteiger partial charge in [-0.3, -0.25) is 23.8 Å². The van der Waals surface area contributed by atoms with E-state index in [0.29, 0.717) is 12.8 Å². The third kappa shape index (κ3) is 8.61. The number of nitrogens with one attached hydrogen (secondary N) is 3. The first-order valence-corrected chi connectivity index (χ1v) is 12.7. The molecule has 0 spiro atoms. The van der Waals surface area contributed by atoms with E-state index in [1.807, 2.05) is 27.7 Å². The Bertz CT molecular complexity index is 696. The van der Waals surface area contributed by atoms with Crippen LogP contribution in [0.15, 0.2) is 0 Å². The molecule has 2 unspecified atom stereocenters. The summed E-state index contributed by atoms with van der Waals surface area (Å²) in [4.78, 5) is 50.1. The van der Waals surface area contributed by atoms with Crippen LogP contribution in [0.25, 0.3) is 0 Å². The molecule has 0 bridgehead atoms. The fraction of sp³-hybridized carbons (Fsp3) is 0.800. The molecular weight excluding hydrogens is 423 g/mol. The lowest BCUT2D eigenvalue weighted by Crippen LogP contribution is -2.49. The van der Waals surface area contributed by atoms with Crippen LogP contribution in [0.4, 0.5) is 4.79 Å². The summed E-state index contributed by atoms with van der Waals surface area (Å²) in [5.41, 5.74) is 0. The quantitative estimate of drug-likeness (QED) is 0.283. The highest BCUT2D eigenvalue weighted by atomic mass is 31.2. The molecule has 10 nitrogen and oxygen atoms in total. The van der Waals surface area contributed by atoms with Crippen molar-refractivity contribution in [1.29, 1.82) is 0 Å². The zero-order valence-electron chi connectivity index (χ0n) is 19.4. The minimum Gasteiger partial charge on any atom is -0.357 e. The molecule has 11 heteroatoms. The first kappa shape index (κ1) is 27.1. The number of hydrogen-bond acceptors (Lipinski definition) is 6. The van der Waals surface area contributed by atoms with Gasteiger partial charge in [0.1, 0.15) is 12.3 Å². The van der Waals surface area contributed by atoms with E-state index in [-0.39, 0.29) is 49.2 Å². The van der Waals surface area contributed by atoms with E-state index in [1.54, 1.807) is 6.92 Å². The van der Waals surface area contributed by atoms with Crippen molar-refractivity contribution in [3.8, 4) is 0 Å². The maximum atomic E-state index is 13.6. The molecule has 0 radical (unpaired) electrons. The molecule has 0 saturated carbocycles. The van der Waals surface area contributed by atoms with Crippen LogP contribution in [0, 0.1) is 17.8 Å². The lowest BCUT2D eigenvalue weighted by Gasteiger charge is -2.28. The summed E-state index contributed by atoms with van der Waals surface area (Å²) >= 11 is 0. The van der Waals surface area contributed by atoms with Crippen LogP contribution in [0.3, 0.4) is 0 Å². The lowest BCUT2D eigenvalue weighted by molar-refractivity contribution is -0.131. The number of amides is 5. The van der Waals surface area contributed by atoms with Crippen LogP contribution in [-0.4, -0.2) is 67.3 Å². The lowest BCUT2D eigenvalue weighted by atomic mass is 9.96. The van der Waals surface area contributed by atoms with Gasteiger partial charge < -0.3 is 20.5 Å². The monoisotopic (exact) mass is 460 g/mol. The normalized spacial score (nSPS) is 18.0. The molecule has 0 aromatic heterocycles. The van der Waals surface area contributed by atoms with Crippen LogP contribution in [-0.2, 0) is 23.5 Å². The van der Waals surface area contributed by atoms with E-state index in [9.17, 15) is 23.7 Å². The second-order valence-corrected chi connectivity index (χ2v) is 11.2. The third-order valence-electron chi connectivity index (χ3n) is 4.87. The predicted octanol–water partition coefficient (Wildman–Crippen LogP) is 1.75. The minimum absolute atomic E-state index is 0.116. The highest BCUT2D eigenvalue weighted by molar-refractivity contribution is 7.59. The molecule has 5 amide bonds. The van der Waals surface area contributed by atoms with Crippen LogP contribution >= 0.6 is 7.37 Å². The van der Waals surface area contributed by atoms with Crippen molar-refractivity contribution >= 4 is 31.1 Å². The third-order valence-corrected chi connectivity index (χ3v) is 7.31. The van der Waals surface area contributed by atoms with Crippen molar-refractivity contribution in [2.24, 2.45) is 17.8 Å². The molecular formula is C20H37N4O6P. The van der Waals surface area contributed by atoms with Gasteiger partial charge >= 0.3 is 6.03 Å². The maximum Gasteiger partial charge on any atom is 0.325 e. The highest BCUT2D eigenvalue weighted by Crippen LogP contribution is 2.50. The van der Waals surface area contributed by atoms with Gasteiger partial charge in [-0.2, -0.15) is 0 Å². The standard InChI is InChI=1S/C20H37N4O6P/c1-7-30-31(29,12-24-17(25)10-22-20(24)28)11-15(8-13(2)3)18(26)23-16(9-14(4)5)19(27)21-6/h13-16H,7-12H2,1-6H3,(H,21,27)(H,22,28)(H,23,26)/t15?,16-,31?/m0/s1. The predicted molar refractivity (Wildman–Crippen MR) is 118 cm³/mol. The number of imide groups is 1. The highest BCUT2D eigenvalue weighted by Gasteiger charge is 2.39. The summed E-state index contributed by atoms with van der Waals surface area (Å²) in [6.45, 7) is 9.42. The Balaban J connectivity index is 3.06. The fourth-order valence-corrected chi connectivity index (χ4v) is 6.01. The number of hydrogen-bond donors (Lipinski definition) is 3. The molecule has 1 aliphatic rings. The van der Waals surface area contributed by atoms with Crippen molar-refractivity contribution in [2.75, 3.05) is 32.6 Å². The molecule has 1 heterocycles. The van der Waals surface area contributed by atoms with Gasteiger partial charge in [-0.1, -0.05) is 27.7 Å². The molecule has 31 heavy (non-hydrogen) atoms. The van der Waals surface area contributed by atoms with E-state index in [2.05, 4.69) is 16.0 Å². The average molecular weight is 461 g/mol. The van der Waals surface area contributed by atoms with Crippen molar-refractivity contribution in [1.82, 2.24) is 20.9 Å². The summed E-state index contributed by atoms with van der Waals surface area (Å²) in [7, 11) is -2.02. The van der Waals surface area contributed by atoms with E-state index in [4.69, 9.17) is 4.52 Å². The van der Waals surface area contributed by atoms with Crippen LogP contribution in [0.5, 0.6) is 0 Å². The zero-order valence-corrected chi connectivity index (χ0v) is 20.3. The van der Waals surface area contributed by atoms with Crippen molar-refractivity contribution in [3.05, 3.63) is 0 Å². The molecule has 3 N–H and O–H groups in total. The summed E-state index contributed by atoms with van der Waals surface area (Å²) in [5, 5.41) is 7.75. The molecule has 1 rings (SSSR count). The largest absolute Gasteiger partial charge is 0.357 e. The number of likely N-dealkylation sites (N-methyl/N-ethyl adjacent to an activating group) is 1. The second-order valence-electron chi connectivity index (χ2n) is 8.67. The molecule has 178 valence electrons. The van der Waals surface area contributed by atoms with Gasteiger partial charge in [0.2, 0.25) is 19.2 Å². The smallest absolute Gasteiger partial charge is 0.325 e. The van der Waals surface area contributed by atoms with Crippen LogP contribution < -0.4 is 16.0 Å². The van der Waals surface area contributed by atoms with Gasteiger partial charge in [0.05, 0.1) is 13.2 Å². The minimum atomic E-state index is -3.53. The Morgan fingerprint density at radius 3 is 2.19 bits per heavy atom. The molecule has 0 aromatic carbocycles. The van der Waals surface area contributed by atoms with Crippen LogP contribution in [0.2, 0.25) is 0 Å². The Labute approximate surface area is 184 Å². The molecule has 1 fully saturated rings. The molecule has 0 aromatic rings. The topological polar surface area (TPSA) is 134 Å². The van der Waals surface area contributed by atoms with Gasteiger partial charge in [-0.25, -0.2) is 4.79 Å². The Morgan fingerprint density at radius 2 is 1.74 bits per heavy atom. The summed E-state index contributed by atoms with van der Waals surface area (Å²) in [5.74, 6) is -1.56. The summed E-state index contributed by atoms with van der Waals surface area (Å²) < 4.78 is 19.1. The number of nitrogens with zero attached hydrogens (tertiary/aromatic N) is 1. The van der Waals surface area contributed by atoms with Gasteiger partial charge in [0, 0.05) is 19.1 Å². The SMILES string of the molecule is CCOP(=O)(CC(CC(C)C)C(=O)N[C@@H](CC(C)C)C(=O)NC)CN1C(=O)CNC1=O. The fourth-order valence-electron chi connectivity index (χ4n) is 3.54. The molecule has 1 aliphatic heterocycles. The average Bonchev–Trinajstić information content (AvgIpc) is 2.97. The van der Waals surface area contributed by atoms with Gasteiger partial charge in [0.25, 0.3) is 5.91 Å². The number of carbonyl (C=O) groups is 4. The summed E-state index contributed by atoms with van der Waals surface area (Å²) in [6, 6.07) is -1.32. The van der Waals surface area contributed by atoms with Crippen molar-refractivity contribution in [3.63, 3.8) is 0 Å². The first-order chi connectivity index (χ1) is 14.4. The Morgan fingerprint density at radius 1 is 1.13 bits per heavy atom. The van der Waals surface area contributed by atoms with E-state index >= 15 is 0 Å². The van der Waals surface area contributed by atoms with Gasteiger partial charge in [0.15, 0.2) is 0 Å². The second kappa shape index (κ2) is 12.2.